The third kappa shape index (κ3) is 2.93. The van der Waals surface area contributed by atoms with Crippen molar-refractivity contribution in [3.8, 4) is 0 Å². The van der Waals surface area contributed by atoms with Gasteiger partial charge in [0.1, 0.15) is 5.88 Å². The van der Waals surface area contributed by atoms with Gasteiger partial charge < -0.3 is 4.90 Å². The van der Waals surface area contributed by atoms with Crippen LogP contribution in [0.3, 0.4) is 0 Å². The maximum absolute atomic E-state index is 12.3. The molecule has 1 aromatic carbocycles. The highest BCUT2D eigenvalue weighted by molar-refractivity contribution is 7.91. The monoisotopic (exact) mass is 281 g/mol. The van der Waals surface area contributed by atoms with E-state index in [1.54, 1.807) is 38.1 Å². The zero-order chi connectivity index (χ0) is 14.0. The zero-order valence-electron chi connectivity index (χ0n) is 10.8. The summed E-state index contributed by atoms with van der Waals surface area (Å²) in [5.74, 6) is -0.351. The van der Waals surface area contributed by atoms with E-state index in [0.717, 1.165) is 0 Å². The van der Waals surface area contributed by atoms with Gasteiger partial charge >= 0.3 is 6.03 Å². The number of benzene rings is 1. The van der Waals surface area contributed by atoms with Gasteiger partial charge in [0, 0.05) is 0 Å². The number of sulfone groups is 1. The largest absolute Gasteiger partial charge is 0.339 e. The molecule has 1 N–H and O–H groups in total. The minimum Gasteiger partial charge on any atom is -0.303 e. The number of hydrogen-bond donors (Lipinski definition) is 1. The van der Waals surface area contributed by atoms with Crippen LogP contribution in [0.2, 0.25) is 0 Å². The number of carbonyl (C=O) groups excluding carboxylic acids is 1. The average molecular weight is 281 g/mol. The van der Waals surface area contributed by atoms with E-state index in [4.69, 9.17) is 0 Å². The summed E-state index contributed by atoms with van der Waals surface area (Å²) in [4.78, 5) is 13.1. The Labute approximate surface area is 112 Å². The molecule has 2 rings (SSSR count). The van der Waals surface area contributed by atoms with E-state index in [1.165, 1.54) is 4.90 Å². The fourth-order valence-electron chi connectivity index (χ4n) is 1.88. The molecule has 0 saturated carbocycles. The van der Waals surface area contributed by atoms with Crippen LogP contribution in [0.15, 0.2) is 34.3 Å². The highest BCUT2D eigenvalue weighted by Gasteiger charge is 2.26. The van der Waals surface area contributed by atoms with Crippen molar-refractivity contribution in [1.29, 1.82) is 0 Å². The summed E-state index contributed by atoms with van der Waals surface area (Å²) in [6.45, 7) is 3.68. The molecule has 102 valence electrons. The van der Waals surface area contributed by atoms with Crippen LogP contribution < -0.4 is 5.43 Å². The second-order valence-corrected chi connectivity index (χ2v) is 6.40. The molecule has 6 nitrogen and oxygen atoms in total. The molecule has 1 aromatic rings. The molecule has 0 radical (unpaired) electrons. The minimum absolute atomic E-state index is 0.219. The third-order valence-electron chi connectivity index (χ3n) is 2.80. The summed E-state index contributed by atoms with van der Waals surface area (Å²) >= 11 is 0. The quantitative estimate of drug-likeness (QED) is 0.902. The molecule has 1 aliphatic rings. The van der Waals surface area contributed by atoms with Crippen LogP contribution >= 0.6 is 0 Å². The van der Waals surface area contributed by atoms with E-state index in [1.807, 2.05) is 0 Å². The van der Waals surface area contributed by atoms with Crippen LogP contribution in [0.25, 0.3) is 0 Å². The van der Waals surface area contributed by atoms with Crippen LogP contribution in [0, 0.1) is 6.92 Å². The smallest absolute Gasteiger partial charge is 0.303 e. The van der Waals surface area contributed by atoms with E-state index in [0.29, 0.717) is 11.3 Å². The number of nitrogens with one attached hydrogen (secondary N) is 1. The molecule has 1 aliphatic heterocycles. The van der Waals surface area contributed by atoms with Crippen LogP contribution in [0.1, 0.15) is 12.5 Å². The van der Waals surface area contributed by atoms with Crippen molar-refractivity contribution < 1.29 is 13.2 Å². The molecule has 0 aliphatic carbocycles. The molecule has 0 spiro atoms. The predicted octanol–water partition coefficient (Wildman–Crippen LogP) is 1.13. The Kier molecular flexibility index (Phi) is 3.57. The van der Waals surface area contributed by atoms with Crippen molar-refractivity contribution in [2.24, 2.45) is 5.10 Å². The van der Waals surface area contributed by atoms with Crippen LogP contribution in [-0.2, 0) is 9.84 Å². The second kappa shape index (κ2) is 5.00. The summed E-state index contributed by atoms with van der Waals surface area (Å²) < 4.78 is 24.6. The van der Waals surface area contributed by atoms with Crippen LogP contribution in [0.4, 0.5) is 4.79 Å². The molecule has 1 heterocycles. The van der Waals surface area contributed by atoms with Gasteiger partial charge in [-0.2, -0.15) is 5.10 Å². The number of amides is 2. The van der Waals surface area contributed by atoms with Gasteiger partial charge in [0.25, 0.3) is 0 Å². The Bertz CT molecular complexity index is 637. The van der Waals surface area contributed by atoms with Crippen molar-refractivity contribution in [1.82, 2.24) is 10.3 Å². The van der Waals surface area contributed by atoms with Gasteiger partial charge in [-0.25, -0.2) is 18.6 Å². The lowest BCUT2D eigenvalue weighted by Gasteiger charge is -2.25. The summed E-state index contributed by atoms with van der Waals surface area (Å²) in [7, 11) is -3.54. The fourth-order valence-corrected chi connectivity index (χ4v) is 3.48. The second-order valence-electron chi connectivity index (χ2n) is 4.47. The van der Waals surface area contributed by atoms with Gasteiger partial charge in [-0.15, -0.1) is 0 Å². The third-order valence-corrected chi connectivity index (χ3v) is 4.58. The van der Waals surface area contributed by atoms with E-state index >= 15 is 0 Å². The van der Waals surface area contributed by atoms with Gasteiger partial charge in [0.15, 0.2) is 9.84 Å². The molecule has 0 saturated heterocycles. The molecule has 7 heteroatoms. The summed E-state index contributed by atoms with van der Waals surface area (Å²) in [5, 5.41) is 3.76. The normalized spacial score (nSPS) is 16.0. The maximum atomic E-state index is 12.3. The first-order chi connectivity index (χ1) is 8.90. The SMILES string of the molecule is CC1=NNC(=O)N(CS(=O)(=O)c2ccccc2C)C1. The number of hydrogen-bond acceptors (Lipinski definition) is 4. The van der Waals surface area contributed by atoms with Crippen molar-refractivity contribution in [2.45, 2.75) is 18.7 Å². The zero-order valence-corrected chi connectivity index (χ0v) is 11.6. The highest BCUT2D eigenvalue weighted by Crippen LogP contribution is 2.17. The first-order valence-electron chi connectivity index (χ1n) is 5.76. The molecule has 0 bridgehead atoms. The van der Waals surface area contributed by atoms with Crippen LogP contribution in [-0.4, -0.2) is 37.5 Å². The molecule has 19 heavy (non-hydrogen) atoms. The van der Waals surface area contributed by atoms with Crippen LogP contribution in [0.5, 0.6) is 0 Å². The minimum atomic E-state index is -3.54. The molecule has 0 aromatic heterocycles. The fraction of sp³-hybridized carbons (Fsp3) is 0.333. The molecular weight excluding hydrogens is 266 g/mol. The molecule has 0 unspecified atom stereocenters. The Morgan fingerprint density at radius 3 is 2.68 bits per heavy atom. The topological polar surface area (TPSA) is 78.8 Å². The van der Waals surface area contributed by atoms with Gasteiger partial charge in [0.2, 0.25) is 0 Å². The number of aryl methyl sites for hydroxylation is 1. The van der Waals surface area contributed by atoms with E-state index in [2.05, 4.69) is 10.5 Å². The molecular formula is C12H15N3O3S. The Hall–Kier alpha value is -1.89. The molecule has 0 fully saturated rings. The maximum Gasteiger partial charge on any atom is 0.339 e. The Morgan fingerprint density at radius 1 is 1.32 bits per heavy atom. The lowest BCUT2D eigenvalue weighted by atomic mass is 10.2. The number of nitrogens with zero attached hydrogens (tertiary/aromatic N) is 2. The number of urea groups is 1. The van der Waals surface area contributed by atoms with Crippen molar-refractivity contribution in [3.05, 3.63) is 29.8 Å². The Balaban J connectivity index is 2.25. The predicted molar refractivity (Wildman–Crippen MR) is 71.6 cm³/mol. The van der Waals surface area contributed by atoms with Crippen molar-refractivity contribution in [3.63, 3.8) is 0 Å². The van der Waals surface area contributed by atoms with Gasteiger partial charge in [-0.1, -0.05) is 18.2 Å². The van der Waals surface area contributed by atoms with Gasteiger partial charge in [0.05, 0.1) is 17.2 Å². The summed E-state index contributed by atoms with van der Waals surface area (Å²) in [5.41, 5.74) is 3.62. The van der Waals surface area contributed by atoms with E-state index in [-0.39, 0.29) is 17.3 Å². The number of hydrazone groups is 1. The van der Waals surface area contributed by atoms with Gasteiger partial charge in [-0.3, -0.25) is 0 Å². The van der Waals surface area contributed by atoms with E-state index < -0.39 is 15.9 Å². The Morgan fingerprint density at radius 2 is 2.00 bits per heavy atom. The average Bonchev–Trinajstić information content (AvgIpc) is 2.34. The first-order valence-corrected chi connectivity index (χ1v) is 7.42. The summed E-state index contributed by atoms with van der Waals surface area (Å²) in [6, 6.07) is 6.23. The van der Waals surface area contributed by atoms with E-state index in [9.17, 15) is 13.2 Å². The summed E-state index contributed by atoms with van der Waals surface area (Å²) in [6.07, 6.45) is 0. The lowest BCUT2D eigenvalue weighted by molar-refractivity contribution is 0.209. The first kappa shape index (κ1) is 13.5. The van der Waals surface area contributed by atoms with Crippen molar-refractivity contribution in [2.75, 3.05) is 12.4 Å². The lowest BCUT2D eigenvalue weighted by Crippen LogP contribution is -2.47. The highest BCUT2D eigenvalue weighted by atomic mass is 32.2. The number of carbonyl (C=O) groups is 1. The molecule has 0 atom stereocenters. The number of rotatable bonds is 3. The standard InChI is InChI=1S/C12H15N3O3S/c1-9-5-3-4-6-11(9)19(17,18)8-15-7-10(2)13-14-12(15)16/h3-6H,7-8H2,1-2H3,(H,14,16). The van der Waals surface area contributed by atoms with Crippen molar-refractivity contribution >= 4 is 21.6 Å². The van der Waals surface area contributed by atoms with Gasteiger partial charge in [-0.05, 0) is 25.5 Å². The molecule has 2 amide bonds.